The molecule has 142 valence electrons. The summed E-state index contributed by atoms with van der Waals surface area (Å²) in [7, 11) is 0. The van der Waals surface area contributed by atoms with E-state index in [9.17, 15) is 4.79 Å². The Labute approximate surface area is 166 Å². The lowest BCUT2D eigenvalue weighted by atomic mass is 10.1. The molecule has 0 bridgehead atoms. The molecule has 29 heavy (non-hydrogen) atoms. The summed E-state index contributed by atoms with van der Waals surface area (Å²) in [6.45, 7) is 4.05. The van der Waals surface area contributed by atoms with Crippen LogP contribution in [0.5, 0.6) is 0 Å². The van der Waals surface area contributed by atoms with Crippen LogP contribution in [0.2, 0.25) is 0 Å². The highest BCUT2D eigenvalue weighted by atomic mass is 16.2. The molecule has 8 nitrogen and oxygen atoms in total. The van der Waals surface area contributed by atoms with Crippen LogP contribution < -0.4 is 10.6 Å². The van der Waals surface area contributed by atoms with Gasteiger partial charge in [-0.05, 0) is 49.7 Å². The second kappa shape index (κ2) is 7.40. The number of rotatable bonds is 3. The summed E-state index contributed by atoms with van der Waals surface area (Å²) in [4.78, 5) is 20.9. The normalized spacial score (nSPS) is 10.5. The number of hydrogen-bond donors (Lipinski definition) is 2. The summed E-state index contributed by atoms with van der Waals surface area (Å²) >= 11 is 0. The molecule has 2 aromatic heterocycles. The van der Waals surface area contributed by atoms with Gasteiger partial charge in [0.15, 0.2) is 5.65 Å². The van der Waals surface area contributed by atoms with Crippen molar-refractivity contribution < 1.29 is 4.79 Å². The van der Waals surface area contributed by atoms with Crippen LogP contribution in [0.3, 0.4) is 0 Å². The largest absolute Gasteiger partial charge is 0.324 e. The lowest BCUT2D eigenvalue weighted by Crippen LogP contribution is -2.20. The van der Waals surface area contributed by atoms with E-state index in [1.54, 1.807) is 35.1 Å². The van der Waals surface area contributed by atoms with E-state index in [1.165, 1.54) is 11.9 Å². The van der Waals surface area contributed by atoms with Gasteiger partial charge in [0, 0.05) is 5.69 Å². The number of aryl methyl sites for hydroxylation is 2. The molecule has 0 saturated carbocycles. The van der Waals surface area contributed by atoms with Crippen molar-refractivity contribution in [1.29, 1.82) is 5.26 Å². The van der Waals surface area contributed by atoms with Crippen LogP contribution in [0, 0.1) is 25.2 Å². The molecule has 0 aliphatic heterocycles. The van der Waals surface area contributed by atoms with Gasteiger partial charge in [-0.15, -0.1) is 0 Å². The van der Waals surface area contributed by atoms with Crippen LogP contribution >= 0.6 is 0 Å². The maximum Gasteiger partial charge on any atom is 0.324 e. The first-order valence-corrected chi connectivity index (χ1v) is 8.89. The highest BCUT2D eigenvalue weighted by molar-refractivity contribution is 6.03. The SMILES string of the molecule is Cc1ccc(-n2ncc3c(NC(=O)Nc4ccc(C#N)cc4)ncnc32)c(C)c1. The van der Waals surface area contributed by atoms with Crippen LogP contribution in [0.4, 0.5) is 16.3 Å². The molecule has 2 N–H and O–H groups in total. The number of carbonyl (C=O) groups is 1. The molecule has 0 unspecified atom stereocenters. The van der Waals surface area contributed by atoms with Crippen LogP contribution in [-0.2, 0) is 0 Å². The number of fused-ring (bicyclic) bond motifs is 1. The molecular formula is C21H17N7O. The van der Waals surface area contributed by atoms with Gasteiger partial charge >= 0.3 is 6.03 Å². The summed E-state index contributed by atoms with van der Waals surface area (Å²) in [5.74, 6) is 0.358. The number of urea groups is 1. The zero-order chi connectivity index (χ0) is 20.4. The van der Waals surface area contributed by atoms with E-state index >= 15 is 0 Å². The van der Waals surface area contributed by atoms with Gasteiger partial charge in [0.05, 0.1) is 28.9 Å². The summed E-state index contributed by atoms with van der Waals surface area (Å²) in [5, 5.41) is 19.4. The van der Waals surface area contributed by atoms with Crippen molar-refractivity contribution in [1.82, 2.24) is 19.7 Å². The predicted octanol–water partition coefficient (Wildman–Crippen LogP) is 3.95. The molecule has 0 atom stereocenters. The third-order valence-electron chi connectivity index (χ3n) is 4.45. The molecule has 0 aliphatic carbocycles. The Hall–Kier alpha value is -4.25. The molecule has 4 rings (SSSR count). The van der Waals surface area contributed by atoms with Crippen molar-refractivity contribution in [2.24, 2.45) is 0 Å². The van der Waals surface area contributed by atoms with E-state index in [0.29, 0.717) is 28.1 Å². The number of aromatic nitrogens is 4. The Balaban J connectivity index is 1.60. The summed E-state index contributed by atoms with van der Waals surface area (Å²) in [5.41, 5.74) is 4.84. The molecule has 0 spiro atoms. The molecule has 4 aromatic rings. The number of benzene rings is 2. The van der Waals surface area contributed by atoms with E-state index in [-0.39, 0.29) is 0 Å². The Bertz CT molecular complexity index is 1250. The van der Waals surface area contributed by atoms with E-state index in [4.69, 9.17) is 5.26 Å². The minimum absolute atomic E-state index is 0.358. The number of hydrogen-bond acceptors (Lipinski definition) is 5. The van der Waals surface area contributed by atoms with E-state index in [1.807, 2.05) is 32.0 Å². The second-order valence-electron chi connectivity index (χ2n) is 6.57. The quantitative estimate of drug-likeness (QED) is 0.557. The maximum atomic E-state index is 12.4. The lowest BCUT2D eigenvalue weighted by molar-refractivity contribution is 0.262. The average molecular weight is 383 g/mol. The molecule has 2 aromatic carbocycles. The van der Waals surface area contributed by atoms with Crippen molar-refractivity contribution in [3.63, 3.8) is 0 Å². The first kappa shape index (κ1) is 18.1. The molecule has 2 heterocycles. The van der Waals surface area contributed by atoms with Gasteiger partial charge in [-0.2, -0.15) is 10.4 Å². The molecule has 0 aliphatic rings. The Kier molecular flexibility index (Phi) is 4.63. The number of amides is 2. The molecule has 0 fully saturated rings. The fourth-order valence-electron chi connectivity index (χ4n) is 3.06. The van der Waals surface area contributed by atoms with Crippen LogP contribution in [-0.4, -0.2) is 25.8 Å². The van der Waals surface area contributed by atoms with Gasteiger partial charge in [0.2, 0.25) is 0 Å². The Morgan fingerprint density at radius 2 is 1.86 bits per heavy atom. The maximum absolute atomic E-state index is 12.4. The number of nitriles is 1. The van der Waals surface area contributed by atoms with Gasteiger partial charge in [0.25, 0.3) is 0 Å². The van der Waals surface area contributed by atoms with Gasteiger partial charge in [-0.25, -0.2) is 19.4 Å². The highest BCUT2D eigenvalue weighted by Gasteiger charge is 2.14. The number of nitrogens with zero attached hydrogens (tertiary/aromatic N) is 5. The first-order valence-electron chi connectivity index (χ1n) is 8.89. The van der Waals surface area contributed by atoms with Crippen LogP contribution in [0.1, 0.15) is 16.7 Å². The van der Waals surface area contributed by atoms with Crippen LogP contribution in [0.15, 0.2) is 55.0 Å². The topological polar surface area (TPSA) is 109 Å². The Morgan fingerprint density at radius 3 is 2.59 bits per heavy atom. The third-order valence-corrected chi connectivity index (χ3v) is 4.45. The monoisotopic (exact) mass is 383 g/mol. The molecule has 2 amide bonds. The molecular weight excluding hydrogens is 366 g/mol. The fourth-order valence-corrected chi connectivity index (χ4v) is 3.06. The molecule has 8 heteroatoms. The van der Waals surface area contributed by atoms with E-state index in [2.05, 4.69) is 31.8 Å². The summed E-state index contributed by atoms with van der Waals surface area (Å²) < 4.78 is 1.73. The zero-order valence-electron chi connectivity index (χ0n) is 15.8. The average Bonchev–Trinajstić information content (AvgIpc) is 3.13. The van der Waals surface area contributed by atoms with Gasteiger partial charge < -0.3 is 5.32 Å². The van der Waals surface area contributed by atoms with E-state index in [0.717, 1.165) is 11.3 Å². The third kappa shape index (κ3) is 3.61. The smallest absolute Gasteiger partial charge is 0.308 e. The predicted molar refractivity (Wildman–Crippen MR) is 110 cm³/mol. The summed E-state index contributed by atoms with van der Waals surface area (Å²) in [6, 6.07) is 14.2. The summed E-state index contributed by atoms with van der Waals surface area (Å²) in [6.07, 6.45) is 3.02. The molecule has 0 saturated heterocycles. The first-order chi connectivity index (χ1) is 14.0. The second-order valence-corrected chi connectivity index (χ2v) is 6.57. The highest BCUT2D eigenvalue weighted by Crippen LogP contribution is 2.24. The van der Waals surface area contributed by atoms with Gasteiger partial charge in [-0.3, -0.25) is 5.32 Å². The minimum Gasteiger partial charge on any atom is -0.308 e. The van der Waals surface area contributed by atoms with Crippen molar-refractivity contribution in [2.45, 2.75) is 13.8 Å². The van der Waals surface area contributed by atoms with Gasteiger partial charge in [-0.1, -0.05) is 17.7 Å². The Morgan fingerprint density at radius 1 is 1.07 bits per heavy atom. The minimum atomic E-state index is -0.450. The fraction of sp³-hybridized carbons (Fsp3) is 0.0952. The number of carbonyl (C=O) groups excluding carboxylic acids is 1. The lowest BCUT2D eigenvalue weighted by Gasteiger charge is -2.09. The van der Waals surface area contributed by atoms with Crippen molar-refractivity contribution in [3.8, 4) is 11.8 Å². The van der Waals surface area contributed by atoms with Gasteiger partial charge in [0.1, 0.15) is 12.1 Å². The molecule has 0 radical (unpaired) electrons. The zero-order valence-corrected chi connectivity index (χ0v) is 15.8. The number of anilines is 2. The standard InChI is InChI=1S/C21H17N7O/c1-13-3-8-18(14(2)9-13)28-20-17(11-25-28)19(23-12-24-20)27-21(29)26-16-6-4-15(10-22)5-7-16/h3-9,11-12H,1-2H3,(H2,23,24,26,27,29). The van der Waals surface area contributed by atoms with Crippen LogP contribution in [0.25, 0.3) is 16.7 Å². The van der Waals surface area contributed by atoms with Crippen molar-refractivity contribution in [3.05, 3.63) is 71.7 Å². The number of nitrogens with one attached hydrogen (secondary N) is 2. The van der Waals surface area contributed by atoms with Crippen molar-refractivity contribution >= 4 is 28.6 Å². The van der Waals surface area contributed by atoms with Crippen molar-refractivity contribution in [2.75, 3.05) is 10.6 Å². The van der Waals surface area contributed by atoms with E-state index < -0.39 is 6.03 Å².